The van der Waals surface area contributed by atoms with Crippen LogP contribution in [-0.4, -0.2) is 22.6 Å². The van der Waals surface area contributed by atoms with Gasteiger partial charge >= 0.3 is 0 Å². The van der Waals surface area contributed by atoms with Crippen molar-refractivity contribution in [1.82, 2.24) is 9.55 Å². The molecule has 1 aromatic heterocycles. The molecule has 0 saturated carbocycles. The maximum Gasteiger partial charge on any atom is 0.274 e. The summed E-state index contributed by atoms with van der Waals surface area (Å²) in [4.78, 5) is 16.5. The fourth-order valence-electron chi connectivity index (χ4n) is 2.15. The molecule has 0 spiro atoms. The van der Waals surface area contributed by atoms with Crippen molar-refractivity contribution in [3.05, 3.63) is 72.8 Å². The number of para-hydroxylation sites is 1. The molecular formula is C17H15N3O2. The number of carbonyl (C=O) groups is 1. The van der Waals surface area contributed by atoms with E-state index in [9.17, 15) is 4.79 Å². The van der Waals surface area contributed by atoms with Gasteiger partial charge in [0.05, 0.1) is 19.6 Å². The largest absolute Gasteiger partial charge is 0.497 e. The van der Waals surface area contributed by atoms with Gasteiger partial charge in [-0.3, -0.25) is 9.36 Å². The van der Waals surface area contributed by atoms with E-state index in [4.69, 9.17) is 4.74 Å². The number of anilines is 1. The van der Waals surface area contributed by atoms with E-state index >= 15 is 0 Å². The smallest absolute Gasteiger partial charge is 0.274 e. The summed E-state index contributed by atoms with van der Waals surface area (Å²) in [6.45, 7) is 0. The zero-order valence-electron chi connectivity index (χ0n) is 12.1. The minimum Gasteiger partial charge on any atom is -0.497 e. The first-order chi connectivity index (χ1) is 10.8. The van der Waals surface area contributed by atoms with Gasteiger partial charge in [-0.05, 0) is 24.3 Å². The first kappa shape index (κ1) is 13.9. The van der Waals surface area contributed by atoms with E-state index in [0.717, 1.165) is 5.69 Å². The maximum atomic E-state index is 12.5. The lowest BCUT2D eigenvalue weighted by Gasteiger charge is -2.09. The molecule has 3 aromatic rings. The molecule has 0 aliphatic carbocycles. The van der Waals surface area contributed by atoms with Gasteiger partial charge in [-0.15, -0.1) is 0 Å². The Hall–Kier alpha value is -3.08. The normalized spacial score (nSPS) is 10.2. The quantitative estimate of drug-likeness (QED) is 0.804. The highest BCUT2D eigenvalue weighted by atomic mass is 16.5. The molecule has 0 aliphatic rings. The lowest BCUT2D eigenvalue weighted by atomic mass is 10.2. The molecular weight excluding hydrogens is 278 g/mol. The van der Waals surface area contributed by atoms with Crippen molar-refractivity contribution >= 4 is 11.6 Å². The van der Waals surface area contributed by atoms with E-state index in [2.05, 4.69) is 10.3 Å². The molecule has 3 rings (SSSR count). The lowest BCUT2D eigenvalue weighted by molar-refractivity contribution is 0.102. The molecule has 0 saturated heterocycles. The minimum absolute atomic E-state index is 0.227. The van der Waals surface area contributed by atoms with E-state index in [1.807, 2.05) is 48.5 Å². The third-order valence-corrected chi connectivity index (χ3v) is 3.23. The number of methoxy groups -OCH3 is 1. The molecule has 0 bridgehead atoms. The molecule has 2 aromatic carbocycles. The third-order valence-electron chi connectivity index (χ3n) is 3.23. The molecule has 0 atom stereocenters. The number of imidazole rings is 1. The Balaban J connectivity index is 1.86. The highest BCUT2D eigenvalue weighted by Crippen LogP contribution is 2.18. The standard InChI is InChI=1S/C17H15N3O2/c1-22-15-9-5-6-13(10-15)19-17(21)16-11-18-12-20(16)14-7-3-2-4-8-14/h2-12H,1H3,(H,19,21). The third kappa shape index (κ3) is 2.83. The van der Waals surface area contributed by atoms with Crippen molar-refractivity contribution in [2.75, 3.05) is 12.4 Å². The second kappa shape index (κ2) is 6.13. The number of carbonyl (C=O) groups excluding carboxylic acids is 1. The summed E-state index contributed by atoms with van der Waals surface area (Å²) in [6.07, 6.45) is 3.17. The number of amides is 1. The number of hydrogen-bond acceptors (Lipinski definition) is 3. The molecule has 22 heavy (non-hydrogen) atoms. The average Bonchev–Trinajstić information content (AvgIpc) is 3.05. The van der Waals surface area contributed by atoms with Gasteiger partial charge in [0.2, 0.25) is 0 Å². The number of nitrogens with zero attached hydrogens (tertiary/aromatic N) is 2. The Labute approximate surface area is 128 Å². The lowest BCUT2D eigenvalue weighted by Crippen LogP contribution is -2.16. The van der Waals surface area contributed by atoms with Crippen molar-refractivity contribution in [2.45, 2.75) is 0 Å². The average molecular weight is 293 g/mol. The Morgan fingerprint density at radius 3 is 2.73 bits per heavy atom. The second-order valence-electron chi connectivity index (χ2n) is 4.67. The van der Waals surface area contributed by atoms with Gasteiger partial charge in [-0.25, -0.2) is 4.98 Å². The van der Waals surface area contributed by atoms with Crippen LogP contribution in [0.25, 0.3) is 5.69 Å². The van der Waals surface area contributed by atoms with Crippen molar-refractivity contribution < 1.29 is 9.53 Å². The Morgan fingerprint density at radius 1 is 1.14 bits per heavy atom. The van der Waals surface area contributed by atoms with Crippen molar-refractivity contribution in [1.29, 1.82) is 0 Å². The second-order valence-corrected chi connectivity index (χ2v) is 4.67. The van der Waals surface area contributed by atoms with Gasteiger partial charge in [0.1, 0.15) is 11.4 Å². The Bertz CT molecular complexity index is 781. The van der Waals surface area contributed by atoms with E-state index in [1.54, 1.807) is 30.3 Å². The molecule has 5 heteroatoms. The molecule has 0 fully saturated rings. The first-order valence-corrected chi connectivity index (χ1v) is 6.81. The van der Waals surface area contributed by atoms with Gasteiger partial charge < -0.3 is 10.1 Å². The highest BCUT2D eigenvalue weighted by Gasteiger charge is 2.13. The van der Waals surface area contributed by atoms with Gasteiger partial charge in [0.25, 0.3) is 5.91 Å². The number of nitrogens with one attached hydrogen (secondary N) is 1. The Morgan fingerprint density at radius 2 is 1.95 bits per heavy atom. The van der Waals surface area contributed by atoms with Gasteiger partial charge in [0, 0.05) is 17.4 Å². The van der Waals surface area contributed by atoms with Crippen molar-refractivity contribution in [3.63, 3.8) is 0 Å². The zero-order chi connectivity index (χ0) is 15.4. The van der Waals surface area contributed by atoms with Crippen molar-refractivity contribution in [2.24, 2.45) is 0 Å². The van der Waals surface area contributed by atoms with Crippen LogP contribution in [0, 0.1) is 0 Å². The van der Waals surface area contributed by atoms with Gasteiger partial charge in [-0.2, -0.15) is 0 Å². The van der Waals surface area contributed by atoms with E-state index < -0.39 is 0 Å². The predicted octanol–water partition coefficient (Wildman–Crippen LogP) is 3.13. The van der Waals surface area contributed by atoms with Crippen LogP contribution in [0.5, 0.6) is 5.75 Å². The fourth-order valence-corrected chi connectivity index (χ4v) is 2.15. The summed E-state index contributed by atoms with van der Waals surface area (Å²) in [5.41, 5.74) is 2.02. The van der Waals surface area contributed by atoms with Crippen molar-refractivity contribution in [3.8, 4) is 11.4 Å². The maximum absolute atomic E-state index is 12.5. The van der Waals surface area contributed by atoms with Crippen LogP contribution in [0.1, 0.15) is 10.5 Å². The monoisotopic (exact) mass is 293 g/mol. The number of ether oxygens (including phenoxy) is 1. The van der Waals surface area contributed by atoms with Crippen LogP contribution >= 0.6 is 0 Å². The fraction of sp³-hybridized carbons (Fsp3) is 0.0588. The predicted molar refractivity (Wildman–Crippen MR) is 84.5 cm³/mol. The molecule has 5 nitrogen and oxygen atoms in total. The summed E-state index contributed by atoms with van der Waals surface area (Å²) in [5.74, 6) is 0.462. The van der Waals surface area contributed by atoms with Gasteiger partial charge in [-0.1, -0.05) is 24.3 Å². The molecule has 0 radical (unpaired) electrons. The van der Waals surface area contributed by atoms with E-state index in [-0.39, 0.29) is 5.91 Å². The van der Waals surface area contributed by atoms with Crippen LogP contribution in [-0.2, 0) is 0 Å². The Kier molecular flexibility index (Phi) is 3.87. The summed E-state index contributed by atoms with van der Waals surface area (Å²) in [6, 6.07) is 16.8. The number of rotatable bonds is 4. The van der Waals surface area contributed by atoms with Crippen LogP contribution in [0.15, 0.2) is 67.1 Å². The first-order valence-electron chi connectivity index (χ1n) is 6.81. The van der Waals surface area contributed by atoms with E-state index in [0.29, 0.717) is 17.1 Å². The number of benzene rings is 2. The summed E-state index contributed by atoms with van der Waals surface area (Å²) in [5, 5.41) is 2.85. The summed E-state index contributed by atoms with van der Waals surface area (Å²) >= 11 is 0. The number of hydrogen-bond donors (Lipinski definition) is 1. The summed E-state index contributed by atoms with van der Waals surface area (Å²) < 4.78 is 6.90. The van der Waals surface area contributed by atoms with Crippen LogP contribution in [0.3, 0.4) is 0 Å². The zero-order valence-corrected chi connectivity index (χ0v) is 12.1. The highest BCUT2D eigenvalue weighted by molar-refractivity contribution is 6.03. The molecule has 1 N–H and O–H groups in total. The SMILES string of the molecule is COc1cccc(NC(=O)c2cncn2-c2ccccc2)c1. The topological polar surface area (TPSA) is 56.1 Å². The molecule has 1 amide bonds. The molecule has 110 valence electrons. The van der Waals surface area contributed by atoms with Crippen LogP contribution in [0.4, 0.5) is 5.69 Å². The van der Waals surface area contributed by atoms with Crippen LogP contribution < -0.4 is 10.1 Å². The summed E-state index contributed by atoms with van der Waals surface area (Å²) in [7, 11) is 1.59. The number of aromatic nitrogens is 2. The molecule has 1 heterocycles. The molecule has 0 aliphatic heterocycles. The van der Waals surface area contributed by atoms with E-state index in [1.165, 1.54) is 0 Å². The van der Waals surface area contributed by atoms with Gasteiger partial charge in [0.15, 0.2) is 0 Å². The molecule has 0 unspecified atom stereocenters. The van der Waals surface area contributed by atoms with Crippen LogP contribution in [0.2, 0.25) is 0 Å². The minimum atomic E-state index is -0.227.